The van der Waals surface area contributed by atoms with Crippen molar-refractivity contribution in [3.63, 3.8) is 0 Å². The Morgan fingerprint density at radius 1 is 1.50 bits per heavy atom. The van der Waals surface area contributed by atoms with Gasteiger partial charge in [-0.3, -0.25) is 4.99 Å². The van der Waals surface area contributed by atoms with Crippen LogP contribution in [0.25, 0.3) is 0 Å². The summed E-state index contributed by atoms with van der Waals surface area (Å²) < 4.78 is 1.01. The molecule has 1 aliphatic heterocycles. The largest absolute Gasteiger partial charge is 0.334 e. The first-order valence-electron chi connectivity index (χ1n) is 5.90. The fourth-order valence-corrected chi connectivity index (χ4v) is 3.56. The summed E-state index contributed by atoms with van der Waals surface area (Å²) in [5, 5.41) is 5.09. The van der Waals surface area contributed by atoms with Crippen LogP contribution in [-0.2, 0) is 0 Å². The van der Waals surface area contributed by atoms with Gasteiger partial charge in [-0.05, 0) is 46.5 Å². The van der Waals surface area contributed by atoms with Crippen LogP contribution < -0.4 is 5.32 Å². The molecule has 1 N–H and O–H groups in total. The van der Waals surface area contributed by atoms with Gasteiger partial charge < -0.3 is 5.32 Å². The van der Waals surface area contributed by atoms with Gasteiger partial charge in [0.25, 0.3) is 0 Å². The van der Waals surface area contributed by atoms with Crippen LogP contribution >= 0.6 is 39.3 Å². The standard InChI is InChI=1S/C13H16BrClN2S/c1-7(2)12-6-18-13(17-12)16-11-5-10(15)8(3)4-9(11)14/h4-5,7,12H,6H2,1-3H3,(H,16,17)/t12-/m1/s1. The molecular weight excluding hydrogens is 332 g/mol. The molecule has 1 aliphatic rings. The fraction of sp³-hybridized carbons (Fsp3) is 0.462. The van der Waals surface area contributed by atoms with Crippen molar-refractivity contribution >= 4 is 50.1 Å². The highest BCUT2D eigenvalue weighted by Gasteiger charge is 2.21. The van der Waals surface area contributed by atoms with Gasteiger partial charge in [0.2, 0.25) is 0 Å². The summed E-state index contributed by atoms with van der Waals surface area (Å²) in [5.74, 6) is 1.64. The molecule has 18 heavy (non-hydrogen) atoms. The lowest BCUT2D eigenvalue weighted by atomic mass is 10.1. The van der Waals surface area contributed by atoms with Crippen molar-refractivity contribution < 1.29 is 0 Å². The topological polar surface area (TPSA) is 24.4 Å². The Morgan fingerprint density at radius 3 is 2.83 bits per heavy atom. The number of hydrogen-bond donors (Lipinski definition) is 1. The molecule has 98 valence electrons. The summed E-state index contributed by atoms with van der Waals surface area (Å²) in [5.41, 5.74) is 2.04. The molecule has 2 nitrogen and oxygen atoms in total. The second-order valence-corrected chi connectivity index (χ2v) is 7.03. The summed E-state index contributed by atoms with van der Waals surface area (Å²) >= 11 is 11.5. The third-order valence-corrected chi connectivity index (χ3v) is 4.99. The number of nitrogens with one attached hydrogen (secondary N) is 1. The van der Waals surface area contributed by atoms with Crippen molar-refractivity contribution in [1.82, 2.24) is 0 Å². The van der Waals surface area contributed by atoms with Crippen molar-refractivity contribution in [3.05, 3.63) is 27.2 Å². The maximum atomic E-state index is 6.14. The molecule has 1 heterocycles. The van der Waals surface area contributed by atoms with Crippen LogP contribution in [0.3, 0.4) is 0 Å². The number of hydrogen-bond acceptors (Lipinski definition) is 3. The molecule has 0 radical (unpaired) electrons. The number of aryl methyl sites for hydroxylation is 1. The normalized spacial score (nSPS) is 19.2. The van der Waals surface area contributed by atoms with Gasteiger partial charge >= 0.3 is 0 Å². The number of anilines is 1. The van der Waals surface area contributed by atoms with E-state index >= 15 is 0 Å². The Bertz CT molecular complexity index is 488. The van der Waals surface area contributed by atoms with E-state index in [0.29, 0.717) is 12.0 Å². The van der Waals surface area contributed by atoms with Crippen LogP contribution in [0.5, 0.6) is 0 Å². The van der Waals surface area contributed by atoms with Gasteiger partial charge in [-0.25, -0.2) is 0 Å². The molecule has 1 atom stereocenters. The monoisotopic (exact) mass is 346 g/mol. The highest BCUT2D eigenvalue weighted by Crippen LogP contribution is 2.31. The minimum absolute atomic E-state index is 0.414. The van der Waals surface area contributed by atoms with Crippen molar-refractivity contribution in [2.75, 3.05) is 11.1 Å². The first-order chi connectivity index (χ1) is 8.47. The molecule has 0 aliphatic carbocycles. The number of halogens is 2. The maximum absolute atomic E-state index is 6.14. The van der Waals surface area contributed by atoms with E-state index in [1.165, 1.54) is 0 Å². The van der Waals surface area contributed by atoms with E-state index < -0.39 is 0 Å². The zero-order valence-corrected chi connectivity index (χ0v) is 13.8. The molecule has 0 unspecified atom stereocenters. The second kappa shape index (κ2) is 5.85. The van der Waals surface area contributed by atoms with Gasteiger partial charge in [0, 0.05) is 15.2 Å². The number of thioether (sulfide) groups is 1. The molecule has 2 rings (SSSR count). The SMILES string of the molecule is Cc1cc(Br)c(NC2=N[C@@H](C(C)C)CS2)cc1Cl. The van der Waals surface area contributed by atoms with Gasteiger partial charge in [-0.15, -0.1) is 0 Å². The number of amidine groups is 1. The van der Waals surface area contributed by atoms with E-state index in [4.69, 9.17) is 11.6 Å². The molecule has 0 saturated heterocycles. The smallest absolute Gasteiger partial charge is 0.161 e. The lowest BCUT2D eigenvalue weighted by Gasteiger charge is -2.10. The molecule has 0 aromatic heterocycles. The predicted molar refractivity (Wildman–Crippen MR) is 86.0 cm³/mol. The highest BCUT2D eigenvalue weighted by molar-refractivity contribution is 9.10. The average molecular weight is 348 g/mol. The summed E-state index contributed by atoms with van der Waals surface area (Å²) in [6, 6.07) is 4.37. The highest BCUT2D eigenvalue weighted by atomic mass is 79.9. The van der Waals surface area contributed by atoms with E-state index in [0.717, 1.165) is 31.7 Å². The summed E-state index contributed by atoms with van der Waals surface area (Å²) in [4.78, 5) is 4.68. The third-order valence-electron chi connectivity index (χ3n) is 2.93. The molecule has 0 bridgehead atoms. The van der Waals surface area contributed by atoms with Gasteiger partial charge in [0.1, 0.15) is 0 Å². The maximum Gasteiger partial charge on any atom is 0.161 e. The van der Waals surface area contributed by atoms with Gasteiger partial charge in [-0.1, -0.05) is 37.2 Å². The zero-order chi connectivity index (χ0) is 13.3. The minimum atomic E-state index is 0.414. The first-order valence-corrected chi connectivity index (χ1v) is 8.06. The minimum Gasteiger partial charge on any atom is -0.334 e. The summed E-state index contributed by atoms with van der Waals surface area (Å²) in [7, 11) is 0. The van der Waals surface area contributed by atoms with E-state index in [1.54, 1.807) is 11.8 Å². The van der Waals surface area contributed by atoms with E-state index in [9.17, 15) is 0 Å². The van der Waals surface area contributed by atoms with Crippen LogP contribution in [0.1, 0.15) is 19.4 Å². The van der Waals surface area contributed by atoms with Crippen LogP contribution in [-0.4, -0.2) is 17.0 Å². The van der Waals surface area contributed by atoms with Crippen LogP contribution in [0.2, 0.25) is 5.02 Å². The molecular formula is C13H16BrClN2S. The summed E-state index contributed by atoms with van der Waals surface area (Å²) in [6.45, 7) is 6.40. The van der Waals surface area contributed by atoms with Gasteiger partial charge in [-0.2, -0.15) is 0 Å². The van der Waals surface area contributed by atoms with E-state index in [1.807, 2.05) is 19.1 Å². The second-order valence-electron chi connectivity index (χ2n) is 4.76. The van der Waals surface area contributed by atoms with E-state index in [2.05, 4.69) is 40.1 Å². The molecule has 0 amide bonds. The van der Waals surface area contributed by atoms with Crippen LogP contribution in [0, 0.1) is 12.8 Å². The van der Waals surface area contributed by atoms with E-state index in [-0.39, 0.29) is 0 Å². The van der Waals surface area contributed by atoms with Crippen molar-refractivity contribution in [1.29, 1.82) is 0 Å². The van der Waals surface area contributed by atoms with Crippen LogP contribution in [0.4, 0.5) is 5.69 Å². The Balaban J connectivity index is 2.16. The fourth-order valence-electron chi connectivity index (χ4n) is 1.66. The molecule has 0 saturated carbocycles. The van der Waals surface area contributed by atoms with Crippen molar-refractivity contribution in [3.8, 4) is 0 Å². The molecule has 0 fully saturated rings. The van der Waals surface area contributed by atoms with Crippen LogP contribution in [0.15, 0.2) is 21.6 Å². The Morgan fingerprint density at radius 2 is 2.22 bits per heavy atom. The molecule has 1 aromatic carbocycles. The quantitative estimate of drug-likeness (QED) is 0.818. The zero-order valence-electron chi connectivity index (χ0n) is 10.6. The number of nitrogens with zero attached hydrogens (tertiary/aromatic N) is 1. The number of aliphatic imine (C=N–C) groups is 1. The van der Waals surface area contributed by atoms with Gasteiger partial charge in [0.05, 0.1) is 11.7 Å². The summed E-state index contributed by atoms with van der Waals surface area (Å²) in [6.07, 6.45) is 0. The number of benzene rings is 1. The Labute approximate surface area is 126 Å². The lowest BCUT2D eigenvalue weighted by Crippen LogP contribution is -2.12. The number of rotatable bonds is 2. The Kier molecular flexibility index (Phi) is 4.62. The lowest BCUT2D eigenvalue weighted by molar-refractivity contribution is 0.543. The predicted octanol–water partition coefficient (Wildman–Crippen LogP) is 4.95. The van der Waals surface area contributed by atoms with Crippen molar-refractivity contribution in [2.45, 2.75) is 26.8 Å². The molecule has 1 aromatic rings. The molecule has 0 spiro atoms. The molecule has 5 heteroatoms. The Hall–Kier alpha value is -0.190. The third kappa shape index (κ3) is 3.22. The first kappa shape index (κ1) is 14.2. The van der Waals surface area contributed by atoms with Crippen molar-refractivity contribution in [2.24, 2.45) is 10.9 Å². The average Bonchev–Trinajstić information content (AvgIpc) is 2.74. The van der Waals surface area contributed by atoms with Gasteiger partial charge in [0.15, 0.2) is 5.17 Å².